The van der Waals surface area contributed by atoms with Gasteiger partial charge in [0.05, 0.1) is 23.1 Å². The summed E-state index contributed by atoms with van der Waals surface area (Å²) in [6.07, 6.45) is 1.72. The molecule has 0 atom stereocenters. The van der Waals surface area contributed by atoms with Crippen LogP contribution in [0.1, 0.15) is 0 Å². The number of benzene rings is 1. The molecule has 0 radical (unpaired) electrons. The molecule has 0 spiro atoms. The van der Waals surface area contributed by atoms with Crippen LogP contribution in [-0.4, -0.2) is 51.0 Å². The monoisotopic (exact) mass is 367 g/mol. The van der Waals surface area contributed by atoms with Crippen molar-refractivity contribution in [3.63, 3.8) is 0 Å². The highest BCUT2D eigenvalue weighted by Crippen LogP contribution is 2.30. The third-order valence-corrected chi connectivity index (χ3v) is 6.35. The predicted octanol–water partition coefficient (Wildman–Crippen LogP) is 2.25. The van der Waals surface area contributed by atoms with Crippen LogP contribution in [0.5, 0.6) is 5.75 Å². The molecule has 1 aromatic carbocycles. The van der Waals surface area contributed by atoms with Crippen LogP contribution in [0.15, 0.2) is 47.5 Å². The van der Waals surface area contributed by atoms with Gasteiger partial charge in [-0.15, -0.1) is 0 Å². The Bertz CT molecular complexity index is 824. The number of methoxy groups -OCH3 is 1. The maximum Gasteiger partial charge on any atom is 0.243 e. The van der Waals surface area contributed by atoms with E-state index < -0.39 is 10.0 Å². The first-order valence-electron chi connectivity index (χ1n) is 7.41. The van der Waals surface area contributed by atoms with Crippen molar-refractivity contribution in [2.24, 2.45) is 0 Å². The van der Waals surface area contributed by atoms with Gasteiger partial charge in [0.1, 0.15) is 11.6 Å². The van der Waals surface area contributed by atoms with Crippen molar-refractivity contribution in [2.45, 2.75) is 10.9 Å². The number of rotatable bonds is 5. The maximum atomic E-state index is 12.8. The van der Waals surface area contributed by atoms with Crippen LogP contribution in [0.25, 0.3) is 0 Å². The summed E-state index contributed by atoms with van der Waals surface area (Å²) in [5.41, 5.74) is 0. The molecular weight excluding hydrogens is 350 g/mol. The van der Waals surface area contributed by atoms with Crippen molar-refractivity contribution in [1.82, 2.24) is 9.29 Å². The molecule has 2 heterocycles. The molecule has 6 nitrogen and oxygen atoms in total. The lowest BCUT2D eigenvalue weighted by Crippen LogP contribution is -2.60. The Hall–Kier alpha value is -1.83. The first-order valence-corrected chi connectivity index (χ1v) is 9.23. The number of hydrogen-bond donors (Lipinski definition) is 0. The lowest BCUT2D eigenvalue weighted by Gasteiger charge is -2.43. The van der Waals surface area contributed by atoms with Crippen LogP contribution in [-0.2, 0) is 10.0 Å². The zero-order valence-electron chi connectivity index (χ0n) is 13.4. The number of sulfonamides is 1. The Morgan fingerprint density at radius 1 is 1.29 bits per heavy atom. The summed E-state index contributed by atoms with van der Waals surface area (Å²) in [6, 6.07) is 10.1. The molecule has 8 heteroatoms. The second kappa shape index (κ2) is 6.58. The number of pyridine rings is 1. The van der Waals surface area contributed by atoms with E-state index in [0.717, 1.165) is 5.82 Å². The Labute approximate surface area is 146 Å². The molecule has 1 saturated heterocycles. The minimum absolute atomic E-state index is 0.0992. The van der Waals surface area contributed by atoms with Crippen LogP contribution in [0.2, 0.25) is 5.02 Å². The molecule has 1 aromatic heterocycles. The number of aromatic nitrogens is 1. The molecule has 0 unspecified atom stereocenters. The predicted molar refractivity (Wildman–Crippen MR) is 93.2 cm³/mol. The highest BCUT2D eigenvalue weighted by atomic mass is 35.5. The van der Waals surface area contributed by atoms with E-state index in [4.69, 9.17) is 16.3 Å². The summed E-state index contributed by atoms with van der Waals surface area (Å²) >= 11 is 6.05. The van der Waals surface area contributed by atoms with Crippen LogP contribution in [0.4, 0.5) is 5.82 Å². The molecule has 0 amide bonds. The Kier molecular flexibility index (Phi) is 4.67. The van der Waals surface area contributed by atoms with E-state index in [9.17, 15) is 8.42 Å². The van der Waals surface area contributed by atoms with Crippen molar-refractivity contribution in [2.75, 3.05) is 32.1 Å². The molecule has 128 valence electrons. The first kappa shape index (κ1) is 17.0. The molecule has 1 fully saturated rings. The largest absolute Gasteiger partial charge is 0.495 e. The fourth-order valence-corrected chi connectivity index (χ4v) is 4.27. The van der Waals surface area contributed by atoms with Crippen LogP contribution in [0, 0.1) is 0 Å². The summed E-state index contributed by atoms with van der Waals surface area (Å²) in [5, 5.41) is 0.274. The zero-order chi connectivity index (χ0) is 17.3. The van der Waals surface area contributed by atoms with Gasteiger partial charge in [0, 0.05) is 26.3 Å². The highest BCUT2D eigenvalue weighted by molar-refractivity contribution is 7.89. The van der Waals surface area contributed by atoms with Gasteiger partial charge in [-0.2, -0.15) is 4.31 Å². The zero-order valence-corrected chi connectivity index (χ0v) is 15.0. The molecule has 2 aromatic rings. The summed E-state index contributed by atoms with van der Waals surface area (Å²) in [4.78, 5) is 6.47. The molecule has 0 bridgehead atoms. The maximum absolute atomic E-state index is 12.8. The molecule has 24 heavy (non-hydrogen) atoms. The normalized spacial score (nSPS) is 15.4. The van der Waals surface area contributed by atoms with E-state index in [1.165, 1.54) is 23.5 Å². The molecule has 0 aliphatic carbocycles. The Balaban J connectivity index is 1.73. The summed E-state index contributed by atoms with van der Waals surface area (Å²) in [6.45, 7) is 1.22. The second-order valence-corrected chi connectivity index (χ2v) is 7.97. The molecule has 3 rings (SSSR count). The minimum atomic E-state index is -3.61. The number of hydrogen-bond acceptors (Lipinski definition) is 5. The van der Waals surface area contributed by atoms with E-state index in [0.29, 0.717) is 18.8 Å². The van der Waals surface area contributed by atoms with Crippen LogP contribution < -0.4 is 9.64 Å². The third kappa shape index (κ3) is 3.07. The number of halogens is 1. The van der Waals surface area contributed by atoms with Crippen molar-refractivity contribution in [3.05, 3.63) is 47.6 Å². The number of anilines is 1. The quantitative estimate of drug-likeness (QED) is 0.811. The molecular formula is C16H18ClN3O3S. The SMILES string of the molecule is COc1ccc(S(=O)(=O)N(C)C2CN(c3ccccn3)C2)cc1Cl. The topological polar surface area (TPSA) is 62.7 Å². The molecule has 0 saturated carbocycles. The lowest BCUT2D eigenvalue weighted by molar-refractivity contribution is 0.309. The average molecular weight is 368 g/mol. The summed E-state index contributed by atoms with van der Waals surface area (Å²) in [5.74, 6) is 1.30. The van der Waals surface area contributed by atoms with Crippen molar-refractivity contribution >= 4 is 27.4 Å². The number of ether oxygens (including phenoxy) is 1. The second-order valence-electron chi connectivity index (χ2n) is 5.56. The van der Waals surface area contributed by atoms with Gasteiger partial charge in [0.15, 0.2) is 0 Å². The fraction of sp³-hybridized carbons (Fsp3) is 0.312. The van der Waals surface area contributed by atoms with Gasteiger partial charge in [-0.3, -0.25) is 0 Å². The minimum Gasteiger partial charge on any atom is -0.495 e. The van der Waals surface area contributed by atoms with Crippen molar-refractivity contribution < 1.29 is 13.2 Å². The van der Waals surface area contributed by atoms with E-state index >= 15 is 0 Å². The number of likely N-dealkylation sites (N-methyl/N-ethyl adjacent to an activating group) is 1. The summed E-state index contributed by atoms with van der Waals surface area (Å²) < 4.78 is 32.0. The van der Waals surface area contributed by atoms with E-state index in [-0.39, 0.29) is 16.0 Å². The van der Waals surface area contributed by atoms with E-state index in [1.54, 1.807) is 19.3 Å². The average Bonchev–Trinajstić information content (AvgIpc) is 2.54. The fourth-order valence-electron chi connectivity index (χ4n) is 2.58. The van der Waals surface area contributed by atoms with Gasteiger partial charge >= 0.3 is 0 Å². The lowest BCUT2D eigenvalue weighted by atomic mass is 10.1. The smallest absolute Gasteiger partial charge is 0.243 e. The Morgan fingerprint density at radius 3 is 2.62 bits per heavy atom. The third-order valence-electron chi connectivity index (χ3n) is 4.15. The molecule has 1 aliphatic rings. The van der Waals surface area contributed by atoms with Crippen molar-refractivity contribution in [1.29, 1.82) is 0 Å². The van der Waals surface area contributed by atoms with Gasteiger partial charge in [-0.25, -0.2) is 13.4 Å². The van der Waals surface area contributed by atoms with Gasteiger partial charge in [-0.05, 0) is 30.3 Å². The summed E-state index contributed by atoms with van der Waals surface area (Å²) in [7, 11) is -0.527. The highest BCUT2D eigenvalue weighted by Gasteiger charge is 2.37. The van der Waals surface area contributed by atoms with Crippen LogP contribution in [0.3, 0.4) is 0 Å². The first-order chi connectivity index (χ1) is 11.4. The van der Waals surface area contributed by atoms with E-state index in [1.807, 2.05) is 23.1 Å². The number of nitrogens with zero attached hydrogens (tertiary/aromatic N) is 3. The molecule has 1 aliphatic heterocycles. The Morgan fingerprint density at radius 2 is 2.04 bits per heavy atom. The van der Waals surface area contributed by atoms with Gasteiger partial charge in [-0.1, -0.05) is 17.7 Å². The standard InChI is InChI=1S/C16H18ClN3O3S/c1-19(12-10-20(11-12)16-5-3-4-8-18-16)24(21,22)13-6-7-15(23-2)14(17)9-13/h3-9,12H,10-11H2,1-2H3. The van der Waals surface area contributed by atoms with Gasteiger partial charge < -0.3 is 9.64 Å². The molecule has 0 N–H and O–H groups in total. The van der Waals surface area contributed by atoms with Crippen LogP contribution >= 0.6 is 11.6 Å². The van der Waals surface area contributed by atoms with Gasteiger partial charge in [0.2, 0.25) is 10.0 Å². The van der Waals surface area contributed by atoms with Gasteiger partial charge in [0.25, 0.3) is 0 Å². The van der Waals surface area contributed by atoms with E-state index in [2.05, 4.69) is 4.98 Å². The van der Waals surface area contributed by atoms with Crippen molar-refractivity contribution in [3.8, 4) is 5.75 Å².